The molecule has 1 aromatic rings. The lowest BCUT2D eigenvalue weighted by Gasteiger charge is -2.31. The Labute approximate surface area is 140 Å². The number of hydrogen-bond acceptors (Lipinski definition) is 5. The maximum Gasteiger partial charge on any atom is 0.387 e. The summed E-state index contributed by atoms with van der Waals surface area (Å²) in [6.07, 6.45) is 0.578. The lowest BCUT2D eigenvalue weighted by atomic mass is 9.98. The molecule has 1 heterocycles. The van der Waals surface area contributed by atoms with Crippen molar-refractivity contribution in [2.75, 3.05) is 25.6 Å². The first-order valence-electron chi connectivity index (χ1n) is 7.65. The number of hydrogen-bond donors (Lipinski definition) is 1. The van der Waals surface area contributed by atoms with Crippen molar-refractivity contribution in [1.82, 2.24) is 4.72 Å². The lowest BCUT2D eigenvalue weighted by molar-refractivity contribution is -0.0499. The quantitative estimate of drug-likeness (QED) is 0.763. The van der Waals surface area contributed by atoms with Gasteiger partial charge >= 0.3 is 6.61 Å². The minimum Gasteiger partial charge on any atom is -0.493 e. The van der Waals surface area contributed by atoms with Gasteiger partial charge in [-0.1, -0.05) is 0 Å². The summed E-state index contributed by atoms with van der Waals surface area (Å²) in [7, 11) is -3.30. The fourth-order valence-corrected chi connectivity index (χ4v) is 3.29. The molecule has 0 spiro atoms. The van der Waals surface area contributed by atoms with Crippen molar-refractivity contribution < 1.29 is 31.4 Å². The van der Waals surface area contributed by atoms with Gasteiger partial charge in [-0.2, -0.15) is 8.78 Å². The maximum atomic E-state index is 12.1. The van der Waals surface area contributed by atoms with Crippen LogP contribution in [0, 0.1) is 5.92 Å². The van der Waals surface area contributed by atoms with Gasteiger partial charge in [0.25, 0.3) is 0 Å². The second-order valence-electron chi connectivity index (χ2n) is 5.41. The molecule has 1 aliphatic rings. The first kappa shape index (κ1) is 18.9. The van der Waals surface area contributed by atoms with Crippen molar-refractivity contribution in [3.63, 3.8) is 0 Å². The van der Waals surface area contributed by atoms with Crippen molar-refractivity contribution in [1.29, 1.82) is 0 Å². The molecule has 2 atom stereocenters. The zero-order valence-electron chi connectivity index (χ0n) is 13.3. The third-order valence-electron chi connectivity index (χ3n) is 3.70. The minimum atomic E-state index is -3.30. The van der Waals surface area contributed by atoms with Crippen LogP contribution in [0.25, 0.3) is 0 Å². The zero-order valence-corrected chi connectivity index (χ0v) is 14.1. The van der Waals surface area contributed by atoms with E-state index in [0.29, 0.717) is 25.4 Å². The molecule has 6 nitrogen and oxygen atoms in total. The van der Waals surface area contributed by atoms with E-state index in [-0.39, 0.29) is 30.1 Å². The van der Waals surface area contributed by atoms with Gasteiger partial charge in [0.05, 0.1) is 19.0 Å². The highest BCUT2D eigenvalue weighted by Gasteiger charge is 2.29. The van der Waals surface area contributed by atoms with E-state index in [2.05, 4.69) is 9.46 Å². The normalized spacial score (nSPS) is 21.7. The van der Waals surface area contributed by atoms with E-state index in [4.69, 9.17) is 9.47 Å². The molecule has 2 unspecified atom stereocenters. The van der Waals surface area contributed by atoms with Crippen molar-refractivity contribution >= 4 is 10.0 Å². The number of alkyl halides is 2. The number of ether oxygens (including phenoxy) is 3. The highest BCUT2D eigenvalue weighted by Crippen LogP contribution is 2.22. The van der Waals surface area contributed by atoms with Crippen molar-refractivity contribution in [3.05, 3.63) is 24.3 Å². The van der Waals surface area contributed by atoms with Crippen LogP contribution < -0.4 is 14.2 Å². The van der Waals surface area contributed by atoms with E-state index in [1.165, 1.54) is 24.3 Å². The van der Waals surface area contributed by atoms with Crippen LogP contribution in [0.3, 0.4) is 0 Å². The van der Waals surface area contributed by atoms with E-state index in [1.54, 1.807) is 6.92 Å². The molecule has 0 bridgehead atoms. The number of benzene rings is 1. The maximum absolute atomic E-state index is 12.1. The van der Waals surface area contributed by atoms with Gasteiger partial charge in [0, 0.05) is 18.6 Å². The Morgan fingerprint density at radius 2 is 1.96 bits per heavy atom. The van der Waals surface area contributed by atoms with E-state index in [0.717, 1.165) is 0 Å². The van der Waals surface area contributed by atoms with Crippen LogP contribution in [0.1, 0.15) is 13.3 Å². The average molecular weight is 365 g/mol. The smallest absolute Gasteiger partial charge is 0.387 e. The molecule has 1 aliphatic heterocycles. The zero-order chi connectivity index (χ0) is 17.6. The molecule has 1 saturated heterocycles. The summed E-state index contributed by atoms with van der Waals surface area (Å²) in [5.74, 6) is 0.423. The summed E-state index contributed by atoms with van der Waals surface area (Å²) in [5, 5.41) is 0. The highest BCUT2D eigenvalue weighted by atomic mass is 32.2. The van der Waals surface area contributed by atoms with Crippen LogP contribution in [-0.4, -0.2) is 46.6 Å². The molecule has 0 radical (unpaired) electrons. The van der Waals surface area contributed by atoms with Crippen LogP contribution in [0.15, 0.2) is 24.3 Å². The summed E-state index contributed by atoms with van der Waals surface area (Å²) in [6, 6.07) is 5.57. The van der Waals surface area contributed by atoms with Crippen LogP contribution in [0.4, 0.5) is 8.78 Å². The SMILES string of the molecule is CCS(=O)(=O)NC1CCOCC1COc1ccc(OC(F)F)cc1. The monoisotopic (exact) mass is 365 g/mol. The van der Waals surface area contributed by atoms with Crippen LogP contribution >= 0.6 is 0 Å². The van der Waals surface area contributed by atoms with Crippen molar-refractivity contribution in [2.45, 2.75) is 26.0 Å². The third kappa shape index (κ3) is 5.88. The predicted octanol–water partition coefficient (Wildman–Crippen LogP) is 2.01. The van der Waals surface area contributed by atoms with Gasteiger partial charge in [0.2, 0.25) is 10.0 Å². The Hall–Kier alpha value is -1.45. The standard InChI is InChI=1S/C15H21F2NO5S/c1-2-24(19,20)18-14-7-8-21-9-11(14)10-22-12-3-5-13(6-4-12)23-15(16)17/h3-6,11,14-15,18H,2,7-10H2,1H3. The molecular formula is C15H21F2NO5S. The molecule has 0 aliphatic carbocycles. The Morgan fingerprint density at radius 1 is 1.29 bits per heavy atom. The molecule has 0 amide bonds. The van der Waals surface area contributed by atoms with Crippen molar-refractivity contribution in [3.8, 4) is 11.5 Å². The highest BCUT2D eigenvalue weighted by molar-refractivity contribution is 7.89. The molecule has 1 N–H and O–H groups in total. The molecule has 0 aromatic heterocycles. The Balaban J connectivity index is 1.91. The average Bonchev–Trinajstić information content (AvgIpc) is 2.54. The van der Waals surface area contributed by atoms with Crippen LogP contribution in [-0.2, 0) is 14.8 Å². The van der Waals surface area contributed by atoms with Gasteiger partial charge in [0.15, 0.2) is 0 Å². The summed E-state index contributed by atoms with van der Waals surface area (Å²) in [4.78, 5) is 0. The van der Waals surface area contributed by atoms with E-state index >= 15 is 0 Å². The van der Waals surface area contributed by atoms with Crippen LogP contribution in [0.2, 0.25) is 0 Å². The van der Waals surface area contributed by atoms with Gasteiger partial charge in [-0.3, -0.25) is 0 Å². The lowest BCUT2D eigenvalue weighted by Crippen LogP contribution is -2.47. The van der Waals surface area contributed by atoms with E-state index in [1.807, 2.05) is 0 Å². The van der Waals surface area contributed by atoms with Gasteiger partial charge in [0.1, 0.15) is 11.5 Å². The summed E-state index contributed by atoms with van der Waals surface area (Å²) < 4.78 is 65.6. The number of sulfonamides is 1. The van der Waals surface area contributed by atoms with E-state index < -0.39 is 16.6 Å². The van der Waals surface area contributed by atoms with Gasteiger partial charge in [-0.05, 0) is 37.6 Å². The molecule has 1 aromatic carbocycles. The van der Waals surface area contributed by atoms with Gasteiger partial charge < -0.3 is 14.2 Å². The first-order chi connectivity index (χ1) is 11.4. The molecule has 24 heavy (non-hydrogen) atoms. The van der Waals surface area contributed by atoms with Gasteiger partial charge in [-0.15, -0.1) is 0 Å². The predicted molar refractivity (Wildman–Crippen MR) is 83.9 cm³/mol. The molecule has 1 fully saturated rings. The van der Waals surface area contributed by atoms with E-state index in [9.17, 15) is 17.2 Å². The Bertz CT molecular complexity index is 609. The molecule has 9 heteroatoms. The summed E-state index contributed by atoms with van der Waals surface area (Å²) in [5.41, 5.74) is 0. The Kier molecular flexibility index (Phi) is 6.76. The molecular weight excluding hydrogens is 344 g/mol. The van der Waals surface area contributed by atoms with Crippen molar-refractivity contribution in [2.24, 2.45) is 5.92 Å². The second-order valence-corrected chi connectivity index (χ2v) is 7.45. The number of halogens is 2. The third-order valence-corrected chi connectivity index (χ3v) is 5.12. The minimum absolute atomic E-state index is 0.0174. The molecule has 2 rings (SSSR count). The Morgan fingerprint density at radius 3 is 2.58 bits per heavy atom. The van der Waals surface area contributed by atoms with Gasteiger partial charge in [-0.25, -0.2) is 13.1 Å². The summed E-state index contributed by atoms with van der Waals surface area (Å²) >= 11 is 0. The first-order valence-corrected chi connectivity index (χ1v) is 9.30. The molecule has 0 saturated carbocycles. The second kappa shape index (κ2) is 8.59. The fraction of sp³-hybridized carbons (Fsp3) is 0.600. The number of nitrogens with one attached hydrogen (secondary N) is 1. The topological polar surface area (TPSA) is 73.9 Å². The fourth-order valence-electron chi connectivity index (χ4n) is 2.35. The molecule has 136 valence electrons. The number of rotatable bonds is 8. The summed E-state index contributed by atoms with van der Waals surface area (Å²) in [6.45, 7) is -0.151. The van der Waals surface area contributed by atoms with Crippen LogP contribution in [0.5, 0.6) is 11.5 Å². The largest absolute Gasteiger partial charge is 0.493 e.